The number of benzene rings is 1. The van der Waals surface area contributed by atoms with Gasteiger partial charge in [0.2, 0.25) is 0 Å². The minimum absolute atomic E-state index is 0.141. The highest BCUT2D eigenvalue weighted by Crippen LogP contribution is 2.23. The Bertz CT molecular complexity index is 979. The summed E-state index contributed by atoms with van der Waals surface area (Å²) in [6, 6.07) is 13.5. The smallest absolute Gasteiger partial charge is 0.255 e. The standard InChI is InChI=1S/C23H27N5O2/c1-23(2,27-11-13-30-14-12-27)17-25-22(29)20-16-28(19-8-4-3-5-9-19)26-21(20)18-7-6-10-24-15-18/h3-10,15-16H,11-14,17H2,1-2H3,(H,25,29). The van der Waals surface area contributed by atoms with Crippen LogP contribution in [0.1, 0.15) is 24.2 Å². The molecule has 7 nitrogen and oxygen atoms in total. The number of hydrogen-bond acceptors (Lipinski definition) is 5. The van der Waals surface area contributed by atoms with Crippen molar-refractivity contribution in [2.24, 2.45) is 0 Å². The number of amides is 1. The third-order valence-corrected chi connectivity index (χ3v) is 5.46. The number of morpholine rings is 1. The van der Waals surface area contributed by atoms with Crippen molar-refractivity contribution in [2.45, 2.75) is 19.4 Å². The van der Waals surface area contributed by atoms with E-state index in [1.54, 1.807) is 23.3 Å². The molecule has 3 heterocycles. The number of para-hydroxylation sites is 1. The molecule has 156 valence electrons. The van der Waals surface area contributed by atoms with Gasteiger partial charge in [-0.3, -0.25) is 14.7 Å². The van der Waals surface area contributed by atoms with Gasteiger partial charge in [-0.15, -0.1) is 0 Å². The largest absolute Gasteiger partial charge is 0.379 e. The average molecular weight is 406 g/mol. The van der Waals surface area contributed by atoms with Gasteiger partial charge in [-0.2, -0.15) is 5.10 Å². The molecule has 30 heavy (non-hydrogen) atoms. The number of aromatic nitrogens is 3. The van der Waals surface area contributed by atoms with Crippen molar-refractivity contribution in [1.82, 2.24) is 25.0 Å². The van der Waals surface area contributed by atoms with Gasteiger partial charge in [-0.25, -0.2) is 4.68 Å². The summed E-state index contributed by atoms with van der Waals surface area (Å²) >= 11 is 0. The molecule has 1 fully saturated rings. The molecule has 0 unspecified atom stereocenters. The molecule has 1 aliphatic heterocycles. The first-order valence-corrected chi connectivity index (χ1v) is 10.2. The van der Waals surface area contributed by atoms with Crippen molar-refractivity contribution in [1.29, 1.82) is 0 Å². The molecule has 1 N–H and O–H groups in total. The van der Waals surface area contributed by atoms with E-state index in [1.165, 1.54) is 0 Å². The molecule has 4 rings (SSSR count). The molecule has 2 aromatic heterocycles. The maximum Gasteiger partial charge on any atom is 0.255 e. The molecule has 1 saturated heterocycles. The summed E-state index contributed by atoms with van der Waals surface area (Å²) in [5, 5.41) is 7.81. The van der Waals surface area contributed by atoms with Gasteiger partial charge in [0, 0.05) is 49.3 Å². The summed E-state index contributed by atoms with van der Waals surface area (Å²) in [6.45, 7) is 8.03. The SMILES string of the molecule is CC(C)(CNC(=O)c1cn(-c2ccccc2)nc1-c1cccnc1)N1CCOCC1. The van der Waals surface area contributed by atoms with Crippen LogP contribution in [0.15, 0.2) is 61.1 Å². The predicted octanol–water partition coefficient (Wildman–Crippen LogP) is 2.77. The van der Waals surface area contributed by atoms with E-state index in [0.717, 1.165) is 37.6 Å². The lowest BCUT2D eigenvalue weighted by Crippen LogP contribution is -2.55. The van der Waals surface area contributed by atoms with Gasteiger partial charge >= 0.3 is 0 Å². The van der Waals surface area contributed by atoms with Crippen LogP contribution in [0.4, 0.5) is 0 Å². The second kappa shape index (κ2) is 8.77. The Morgan fingerprint density at radius 2 is 1.90 bits per heavy atom. The Hall–Kier alpha value is -3.03. The lowest BCUT2D eigenvalue weighted by atomic mass is 10.0. The van der Waals surface area contributed by atoms with Crippen molar-refractivity contribution in [2.75, 3.05) is 32.8 Å². The van der Waals surface area contributed by atoms with Gasteiger partial charge in [0.25, 0.3) is 5.91 Å². The normalized spacial score (nSPS) is 15.1. The monoisotopic (exact) mass is 405 g/mol. The van der Waals surface area contributed by atoms with Crippen LogP contribution >= 0.6 is 0 Å². The number of nitrogens with one attached hydrogen (secondary N) is 1. The second-order valence-corrected chi connectivity index (χ2v) is 8.01. The number of carbonyl (C=O) groups excluding carboxylic acids is 1. The van der Waals surface area contributed by atoms with Crippen LogP contribution in [-0.4, -0.2) is 64.0 Å². The fourth-order valence-electron chi connectivity index (χ4n) is 3.64. The summed E-state index contributed by atoms with van der Waals surface area (Å²) in [7, 11) is 0. The molecule has 0 aliphatic carbocycles. The van der Waals surface area contributed by atoms with Gasteiger partial charge < -0.3 is 10.1 Å². The number of nitrogens with zero attached hydrogens (tertiary/aromatic N) is 4. The van der Waals surface area contributed by atoms with Crippen LogP contribution in [-0.2, 0) is 4.74 Å². The summed E-state index contributed by atoms with van der Waals surface area (Å²) in [5.41, 5.74) is 2.70. The molecule has 1 aromatic carbocycles. The molecular formula is C23H27N5O2. The van der Waals surface area contributed by atoms with Gasteiger partial charge in [-0.1, -0.05) is 18.2 Å². The van der Waals surface area contributed by atoms with Crippen LogP contribution in [0.3, 0.4) is 0 Å². The van der Waals surface area contributed by atoms with E-state index >= 15 is 0 Å². The molecule has 1 amide bonds. The topological polar surface area (TPSA) is 72.3 Å². The molecule has 0 atom stereocenters. The Labute approximate surface area is 176 Å². The summed E-state index contributed by atoms with van der Waals surface area (Å²) in [4.78, 5) is 19.7. The molecule has 1 aliphatic rings. The van der Waals surface area contributed by atoms with E-state index in [1.807, 2.05) is 42.5 Å². The van der Waals surface area contributed by atoms with E-state index < -0.39 is 0 Å². The fourth-order valence-corrected chi connectivity index (χ4v) is 3.64. The quantitative estimate of drug-likeness (QED) is 0.683. The minimum atomic E-state index is -0.163. The van der Waals surface area contributed by atoms with Crippen LogP contribution in [0, 0.1) is 0 Å². The molecule has 0 bridgehead atoms. The predicted molar refractivity (Wildman–Crippen MR) is 116 cm³/mol. The number of carbonyl (C=O) groups is 1. The first-order valence-electron chi connectivity index (χ1n) is 10.2. The summed E-state index contributed by atoms with van der Waals surface area (Å²) < 4.78 is 7.19. The zero-order chi connectivity index (χ0) is 21.0. The van der Waals surface area contributed by atoms with Gasteiger partial charge in [0.05, 0.1) is 24.5 Å². The van der Waals surface area contributed by atoms with E-state index in [-0.39, 0.29) is 11.4 Å². The highest BCUT2D eigenvalue weighted by atomic mass is 16.5. The Balaban J connectivity index is 1.58. The van der Waals surface area contributed by atoms with Crippen molar-refractivity contribution in [3.63, 3.8) is 0 Å². The molecule has 3 aromatic rings. The van der Waals surface area contributed by atoms with Crippen LogP contribution in [0.2, 0.25) is 0 Å². The lowest BCUT2D eigenvalue weighted by Gasteiger charge is -2.40. The average Bonchev–Trinajstić information content (AvgIpc) is 3.25. The third-order valence-electron chi connectivity index (χ3n) is 5.46. The Morgan fingerprint density at radius 1 is 1.13 bits per heavy atom. The van der Waals surface area contributed by atoms with Crippen molar-refractivity contribution in [3.8, 4) is 16.9 Å². The Kier molecular flexibility index (Phi) is 5.92. The molecule has 0 saturated carbocycles. The van der Waals surface area contributed by atoms with E-state index in [2.05, 4.69) is 29.0 Å². The maximum atomic E-state index is 13.2. The zero-order valence-electron chi connectivity index (χ0n) is 17.4. The first-order chi connectivity index (χ1) is 14.5. The molecule has 7 heteroatoms. The number of pyridine rings is 1. The van der Waals surface area contributed by atoms with Crippen molar-refractivity contribution >= 4 is 5.91 Å². The summed E-state index contributed by atoms with van der Waals surface area (Å²) in [6.07, 6.45) is 5.23. The van der Waals surface area contributed by atoms with E-state index in [4.69, 9.17) is 9.84 Å². The van der Waals surface area contributed by atoms with Crippen molar-refractivity contribution < 1.29 is 9.53 Å². The molecule has 0 spiro atoms. The lowest BCUT2D eigenvalue weighted by molar-refractivity contribution is -0.00923. The second-order valence-electron chi connectivity index (χ2n) is 8.01. The molecular weight excluding hydrogens is 378 g/mol. The van der Waals surface area contributed by atoms with E-state index in [0.29, 0.717) is 17.8 Å². The third kappa shape index (κ3) is 4.42. The van der Waals surface area contributed by atoms with Gasteiger partial charge in [-0.05, 0) is 38.1 Å². The number of hydrogen-bond donors (Lipinski definition) is 1. The first kappa shape index (κ1) is 20.3. The van der Waals surface area contributed by atoms with Crippen LogP contribution in [0.5, 0.6) is 0 Å². The number of rotatable bonds is 6. The zero-order valence-corrected chi connectivity index (χ0v) is 17.4. The van der Waals surface area contributed by atoms with E-state index in [9.17, 15) is 4.79 Å². The maximum absolute atomic E-state index is 13.2. The van der Waals surface area contributed by atoms with Crippen LogP contribution < -0.4 is 5.32 Å². The van der Waals surface area contributed by atoms with Gasteiger partial charge in [0.15, 0.2) is 0 Å². The number of ether oxygens (including phenoxy) is 1. The van der Waals surface area contributed by atoms with Crippen molar-refractivity contribution in [3.05, 3.63) is 66.6 Å². The summed E-state index contributed by atoms with van der Waals surface area (Å²) in [5.74, 6) is -0.141. The fraction of sp³-hybridized carbons (Fsp3) is 0.348. The minimum Gasteiger partial charge on any atom is -0.379 e. The van der Waals surface area contributed by atoms with Gasteiger partial charge in [0.1, 0.15) is 5.69 Å². The Morgan fingerprint density at radius 3 is 2.60 bits per heavy atom. The molecule has 0 radical (unpaired) electrons. The van der Waals surface area contributed by atoms with Crippen LogP contribution in [0.25, 0.3) is 16.9 Å². The highest BCUT2D eigenvalue weighted by Gasteiger charge is 2.29. The highest BCUT2D eigenvalue weighted by molar-refractivity contribution is 5.99.